The minimum Gasteiger partial charge on any atom is -0.388 e. The molecular formula is C12H19N5OS. The third kappa shape index (κ3) is 3.03. The molecule has 7 heteroatoms. The Labute approximate surface area is 117 Å². The van der Waals surface area contributed by atoms with Gasteiger partial charge in [-0.2, -0.15) is 10.4 Å². The second-order valence-electron chi connectivity index (χ2n) is 5.10. The fraction of sp³-hybridized carbons (Fsp3) is 0.750. The first-order chi connectivity index (χ1) is 9.08. The van der Waals surface area contributed by atoms with Gasteiger partial charge in [0.1, 0.15) is 6.61 Å². The van der Waals surface area contributed by atoms with Gasteiger partial charge in [-0.05, 0) is 38.9 Å². The number of aromatic nitrogens is 3. The first-order valence-corrected chi connectivity index (χ1v) is 6.89. The lowest BCUT2D eigenvalue weighted by atomic mass is 10.3. The Morgan fingerprint density at radius 1 is 1.58 bits per heavy atom. The Kier molecular flexibility index (Phi) is 4.34. The van der Waals surface area contributed by atoms with Crippen LogP contribution in [0, 0.1) is 16.1 Å². The molecule has 1 aromatic heterocycles. The van der Waals surface area contributed by atoms with Gasteiger partial charge in [-0.1, -0.05) is 0 Å². The summed E-state index contributed by atoms with van der Waals surface area (Å²) in [5, 5.41) is 22.6. The zero-order valence-electron chi connectivity index (χ0n) is 11.3. The predicted octanol–water partition coefficient (Wildman–Crippen LogP) is 1.43. The molecule has 104 valence electrons. The molecule has 1 saturated carbocycles. The van der Waals surface area contributed by atoms with Gasteiger partial charge in [-0.25, -0.2) is 4.68 Å². The molecule has 1 aliphatic carbocycles. The van der Waals surface area contributed by atoms with Gasteiger partial charge in [0.25, 0.3) is 0 Å². The zero-order chi connectivity index (χ0) is 14.0. The van der Waals surface area contributed by atoms with E-state index in [4.69, 9.17) is 17.5 Å². The van der Waals surface area contributed by atoms with Crippen LogP contribution in [0.3, 0.4) is 0 Å². The van der Waals surface area contributed by atoms with Gasteiger partial charge in [0.15, 0.2) is 10.6 Å². The molecular weight excluding hydrogens is 262 g/mol. The van der Waals surface area contributed by atoms with Crippen molar-refractivity contribution in [2.75, 3.05) is 6.54 Å². The smallest absolute Gasteiger partial charge is 0.199 e. The molecule has 0 saturated heterocycles. The highest BCUT2D eigenvalue weighted by molar-refractivity contribution is 7.71. The van der Waals surface area contributed by atoms with Gasteiger partial charge in [-0.3, -0.25) is 9.47 Å². The quantitative estimate of drug-likeness (QED) is 0.631. The maximum atomic E-state index is 9.37. The van der Waals surface area contributed by atoms with E-state index in [1.165, 1.54) is 0 Å². The normalized spacial score (nSPS) is 15.2. The highest BCUT2D eigenvalue weighted by atomic mass is 32.1. The second kappa shape index (κ2) is 5.82. The Morgan fingerprint density at radius 2 is 2.26 bits per heavy atom. The molecule has 0 unspecified atom stereocenters. The molecule has 2 rings (SSSR count). The maximum Gasteiger partial charge on any atom is 0.199 e. The molecule has 0 radical (unpaired) electrons. The lowest BCUT2D eigenvalue weighted by Gasteiger charge is -2.22. The van der Waals surface area contributed by atoms with Gasteiger partial charge in [0.05, 0.1) is 19.3 Å². The van der Waals surface area contributed by atoms with Crippen LogP contribution in [0.2, 0.25) is 0 Å². The molecule has 0 atom stereocenters. The van der Waals surface area contributed by atoms with E-state index in [-0.39, 0.29) is 12.6 Å². The molecule has 0 spiro atoms. The van der Waals surface area contributed by atoms with Crippen LogP contribution in [0.5, 0.6) is 0 Å². The van der Waals surface area contributed by atoms with Crippen molar-refractivity contribution in [1.82, 2.24) is 19.2 Å². The SMILES string of the molecule is CC(C)N(CC#N)Cn1nc(CO)n(C2CC2)c1=S. The summed E-state index contributed by atoms with van der Waals surface area (Å²) in [6.45, 7) is 4.78. The lowest BCUT2D eigenvalue weighted by molar-refractivity contribution is 0.182. The molecule has 1 heterocycles. The summed E-state index contributed by atoms with van der Waals surface area (Å²) in [4.78, 5) is 1.99. The molecule has 1 aliphatic rings. The molecule has 0 bridgehead atoms. The van der Waals surface area contributed by atoms with E-state index in [0.717, 1.165) is 12.8 Å². The van der Waals surface area contributed by atoms with Gasteiger partial charge >= 0.3 is 0 Å². The topological polar surface area (TPSA) is 70.0 Å². The zero-order valence-corrected chi connectivity index (χ0v) is 12.1. The summed E-state index contributed by atoms with van der Waals surface area (Å²) in [5.74, 6) is 0.619. The largest absolute Gasteiger partial charge is 0.388 e. The minimum atomic E-state index is -0.104. The third-order valence-electron chi connectivity index (χ3n) is 3.31. The highest BCUT2D eigenvalue weighted by Crippen LogP contribution is 2.36. The second-order valence-corrected chi connectivity index (χ2v) is 5.46. The summed E-state index contributed by atoms with van der Waals surface area (Å²) in [6.07, 6.45) is 2.19. The van der Waals surface area contributed by atoms with Crippen molar-refractivity contribution in [2.24, 2.45) is 0 Å². The first-order valence-electron chi connectivity index (χ1n) is 6.48. The number of nitriles is 1. The van der Waals surface area contributed by atoms with Crippen LogP contribution >= 0.6 is 12.2 Å². The summed E-state index contributed by atoms with van der Waals surface area (Å²) < 4.78 is 4.28. The van der Waals surface area contributed by atoms with Crippen molar-refractivity contribution in [3.05, 3.63) is 10.6 Å². The van der Waals surface area contributed by atoms with Crippen LogP contribution < -0.4 is 0 Å². The average Bonchev–Trinajstić information content (AvgIpc) is 3.15. The standard InChI is InChI=1S/C12H19N5OS/c1-9(2)15(6-5-13)8-16-12(19)17(10-3-4-10)11(7-18)14-16/h9-10,18H,3-4,6-8H2,1-2H3. The van der Waals surface area contributed by atoms with E-state index in [2.05, 4.69) is 11.2 Å². The minimum absolute atomic E-state index is 0.104. The van der Waals surface area contributed by atoms with Crippen LogP contribution in [0.15, 0.2) is 0 Å². The summed E-state index contributed by atoms with van der Waals surface area (Å²) in [5.41, 5.74) is 0. The highest BCUT2D eigenvalue weighted by Gasteiger charge is 2.28. The maximum absolute atomic E-state index is 9.37. The van der Waals surface area contributed by atoms with Crippen molar-refractivity contribution in [3.8, 4) is 6.07 Å². The third-order valence-corrected chi connectivity index (χ3v) is 3.72. The molecule has 6 nitrogen and oxygen atoms in total. The van der Waals surface area contributed by atoms with Crippen molar-refractivity contribution >= 4 is 12.2 Å². The van der Waals surface area contributed by atoms with Crippen molar-refractivity contribution in [1.29, 1.82) is 5.26 Å². The summed E-state index contributed by atoms with van der Waals surface area (Å²) in [7, 11) is 0. The Hall–Kier alpha value is -1.23. The van der Waals surface area contributed by atoms with Crippen LogP contribution in [-0.2, 0) is 13.3 Å². The van der Waals surface area contributed by atoms with Crippen molar-refractivity contribution in [3.63, 3.8) is 0 Å². The Morgan fingerprint density at radius 3 is 2.74 bits per heavy atom. The number of hydrogen-bond acceptors (Lipinski definition) is 5. The number of hydrogen-bond donors (Lipinski definition) is 1. The molecule has 0 aromatic carbocycles. The lowest BCUT2D eigenvalue weighted by Crippen LogP contribution is -2.33. The van der Waals surface area contributed by atoms with Gasteiger partial charge in [-0.15, -0.1) is 0 Å². The average molecular weight is 281 g/mol. The number of rotatable bonds is 6. The van der Waals surface area contributed by atoms with Crippen LogP contribution in [0.1, 0.15) is 38.6 Å². The number of nitrogens with zero attached hydrogens (tertiary/aromatic N) is 5. The van der Waals surface area contributed by atoms with E-state index in [9.17, 15) is 5.11 Å². The van der Waals surface area contributed by atoms with Crippen molar-refractivity contribution in [2.45, 2.75) is 52.0 Å². The van der Waals surface area contributed by atoms with Gasteiger partial charge in [0, 0.05) is 12.1 Å². The predicted molar refractivity (Wildman–Crippen MR) is 72.7 cm³/mol. The van der Waals surface area contributed by atoms with E-state index >= 15 is 0 Å². The molecule has 1 aromatic rings. The summed E-state index contributed by atoms with van der Waals surface area (Å²) >= 11 is 5.43. The molecule has 19 heavy (non-hydrogen) atoms. The molecule has 0 amide bonds. The van der Waals surface area contributed by atoms with Crippen LogP contribution in [0.25, 0.3) is 0 Å². The molecule has 1 N–H and O–H groups in total. The number of aliphatic hydroxyl groups excluding tert-OH is 1. The number of aliphatic hydroxyl groups is 1. The van der Waals surface area contributed by atoms with Gasteiger partial charge < -0.3 is 5.11 Å². The molecule has 0 aliphatic heterocycles. The van der Waals surface area contributed by atoms with Crippen LogP contribution in [0.4, 0.5) is 0 Å². The summed E-state index contributed by atoms with van der Waals surface area (Å²) in [6, 6.07) is 2.79. The molecule has 1 fully saturated rings. The van der Waals surface area contributed by atoms with Gasteiger partial charge in [0.2, 0.25) is 0 Å². The fourth-order valence-corrected chi connectivity index (χ4v) is 2.38. The Balaban J connectivity index is 2.25. The first kappa shape index (κ1) is 14.2. The van der Waals surface area contributed by atoms with Crippen LogP contribution in [-0.4, -0.2) is 36.9 Å². The van der Waals surface area contributed by atoms with E-state index in [0.29, 0.717) is 29.9 Å². The van der Waals surface area contributed by atoms with E-state index in [1.54, 1.807) is 4.68 Å². The van der Waals surface area contributed by atoms with E-state index in [1.807, 2.05) is 23.3 Å². The Bertz CT molecular complexity index is 537. The fourth-order valence-electron chi connectivity index (χ4n) is 2.02. The van der Waals surface area contributed by atoms with E-state index < -0.39 is 0 Å². The van der Waals surface area contributed by atoms with Crippen molar-refractivity contribution < 1.29 is 5.11 Å². The monoisotopic (exact) mass is 281 g/mol.